The van der Waals surface area contributed by atoms with Crippen LogP contribution in [0, 0.1) is 3.70 Å². The maximum absolute atomic E-state index is 5.50. The lowest BCUT2D eigenvalue weighted by Gasteiger charge is -2.04. The fraction of sp³-hybridized carbons (Fsp3) is 0.0909. The molecule has 16 heavy (non-hydrogen) atoms. The van der Waals surface area contributed by atoms with Crippen molar-refractivity contribution in [3.05, 3.63) is 40.1 Å². The first-order chi connectivity index (χ1) is 7.78. The van der Waals surface area contributed by atoms with Crippen LogP contribution in [0.4, 0.5) is 0 Å². The van der Waals surface area contributed by atoms with Gasteiger partial charge in [-0.05, 0) is 52.9 Å². The fourth-order valence-corrected chi connectivity index (χ4v) is 1.41. The molecule has 2 aromatic rings. The highest BCUT2D eigenvalue weighted by Crippen LogP contribution is 2.21. The summed E-state index contributed by atoms with van der Waals surface area (Å²) in [7, 11) is 1.63. The topological polar surface area (TPSA) is 44.2 Å². The maximum atomic E-state index is 5.50. The van der Waals surface area contributed by atoms with Crippen LogP contribution in [-0.2, 0) is 0 Å². The number of aromatic nitrogens is 2. The van der Waals surface area contributed by atoms with Crippen LogP contribution < -0.4 is 9.47 Å². The Bertz CT molecular complexity index is 456. The van der Waals surface area contributed by atoms with Crippen LogP contribution in [0.1, 0.15) is 0 Å². The molecular formula is C11H9IN2O2. The number of benzene rings is 1. The molecule has 4 nitrogen and oxygen atoms in total. The van der Waals surface area contributed by atoms with Crippen molar-refractivity contribution in [2.24, 2.45) is 0 Å². The van der Waals surface area contributed by atoms with E-state index in [9.17, 15) is 0 Å². The number of hydrogen-bond acceptors (Lipinski definition) is 4. The largest absolute Gasteiger partial charge is 0.497 e. The van der Waals surface area contributed by atoms with Crippen LogP contribution in [0.2, 0.25) is 0 Å². The molecule has 0 aliphatic carbocycles. The summed E-state index contributed by atoms with van der Waals surface area (Å²) in [5.74, 6) is 1.97. The van der Waals surface area contributed by atoms with E-state index in [-0.39, 0.29) is 0 Å². The van der Waals surface area contributed by atoms with Crippen molar-refractivity contribution in [3.8, 4) is 17.4 Å². The first-order valence-corrected chi connectivity index (χ1v) is 5.67. The molecule has 1 aromatic heterocycles. The van der Waals surface area contributed by atoms with Crippen molar-refractivity contribution in [1.29, 1.82) is 0 Å². The van der Waals surface area contributed by atoms with Crippen LogP contribution in [0.5, 0.6) is 17.4 Å². The van der Waals surface area contributed by atoms with E-state index in [1.54, 1.807) is 13.2 Å². The zero-order chi connectivity index (χ0) is 11.4. The van der Waals surface area contributed by atoms with E-state index in [0.29, 0.717) is 11.6 Å². The summed E-state index contributed by atoms with van der Waals surface area (Å²) in [5.41, 5.74) is 0. The lowest BCUT2D eigenvalue weighted by atomic mass is 10.3. The molecule has 0 N–H and O–H groups in total. The molecule has 0 bridgehead atoms. The third-order valence-corrected chi connectivity index (χ3v) is 2.46. The maximum Gasteiger partial charge on any atom is 0.238 e. The molecule has 0 aliphatic heterocycles. The first-order valence-electron chi connectivity index (χ1n) is 4.59. The van der Waals surface area contributed by atoms with Crippen molar-refractivity contribution in [2.75, 3.05) is 7.11 Å². The highest BCUT2D eigenvalue weighted by molar-refractivity contribution is 14.1. The Morgan fingerprint density at radius 3 is 2.19 bits per heavy atom. The summed E-state index contributed by atoms with van der Waals surface area (Å²) >= 11 is 2.09. The molecule has 0 aliphatic rings. The minimum atomic E-state index is 0.477. The monoisotopic (exact) mass is 328 g/mol. The Morgan fingerprint density at radius 2 is 1.62 bits per heavy atom. The van der Waals surface area contributed by atoms with Crippen molar-refractivity contribution in [2.45, 2.75) is 0 Å². The van der Waals surface area contributed by atoms with Crippen LogP contribution in [0.15, 0.2) is 36.4 Å². The molecule has 0 saturated heterocycles. The van der Waals surface area contributed by atoms with Crippen LogP contribution in [-0.4, -0.2) is 17.3 Å². The standard InChI is InChI=1S/C11H9IN2O2/c1-15-8-2-4-9(5-3-8)16-11-7-6-10(12)13-14-11/h2-7H,1H3. The van der Waals surface area contributed by atoms with Crippen molar-refractivity contribution in [1.82, 2.24) is 10.2 Å². The summed E-state index contributed by atoms with van der Waals surface area (Å²) in [5, 5.41) is 7.80. The highest BCUT2D eigenvalue weighted by atomic mass is 127. The second-order valence-corrected chi connectivity index (χ2v) is 4.08. The minimum Gasteiger partial charge on any atom is -0.497 e. The summed E-state index contributed by atoms with van der Waals surface area (Å²) in [6.07, 6.45) is 0. The van der Waals surface area contributed by atoms with Gasteiger partial charge in [0.25, 0.3) is 0 Å². The van der Waals surface area contributed by atoms with Gasteiger partial charge in [0.1, 0.15) is 15.2 Å². The Morgan fingerprint density at radius 1 is 0.938 bits per heavy atom. The Balaban J connectivity index is 2.11. The number of nitrogens with zero attached hydrogens (tertiary/aromatic N) is 2. The lowest BCUT2D eigenvalue weighted by molar-refractivity contribution is 0.411. The van der Waals surface area contributed by atoms with Gasteiger partial charge in [0.05, 0.1) is 7.11 Å². The van der Waals surface area contributed by atoms with Gasteiger partial charge in [-0.1, -0.05) is 0 Å². The molecule has 1 heterocycles. The van der Waals surface area contributed by atoms with E-state index in [2.05, 4.69) is 32.8 Å². The minimum absolute atomic E-state index is 0.477. The average Bonchev–Trinajstić information content (AvgIpc) is 2.33. The van der Waals surface area contributed by atoms with Crippen molar-refractivity contribution >= 4 is 22.6 Å². The van der Waals surface area contributed by atoms with Gasteiger partial charge in [0, 0.05) is 6.07 Å². The lowest BCUT2D eigenvalue weighted by Crippen LogP contribution is -1.91. The number of methoxy groups -OCH3 is 1. The van der Waals surface area contributed by atoms with Crippen LogP contribution >= 0.6 is 22.6 Å². The van der Waals surface area contributed by atoms with Crippen molar-refractivity contribution < 1.29 is 9.47 Å². The zero-order valence-electron chi connectivity index (χ0n) is 8.55. The molecule has 0 saturated carbocycles. The summed E-state index contributed by atoms with van der Waals surface area (Å²) in [6.45, 7) is 0. The van der Waals surface area contributed by atoms with Crippen molar-refractivity contribution in [3.63, 3.8) is 0 Å². The second-order valence-electron chi connectivity index (χ2n) is 2.97. The molecule has 0 atom stereocenters. The molecule has 0 amide bonds. The SMILES string of the molecule is COc1ccc(Oc2ccc(I)nn2)cc1. The van der Waals surface area contributed by atoms with Gasteiger partial charge < -0.3 is 9.47 Å². The molecule has 1 aromatic carbocycles. The third kappa shape index (κ3) is 2.82. The van der Waals surface area contributed by atoms with E-state index in [1.165, 1.54) is 0 Å². The Kier molecular flexibility index (Phi) is 3.55. The van der Waals surface area contributed by atoms with Crippen LogP contribution in [0.3, 0.4) is 0 Å². The van der Waals surface area contributed by atoms with E-state index in [4.69, 9.17) is 9.47 Å². The summed E-state index contributed by atoms with van der Waals surface area (Å²) in [4.78, 5) is 0. The number of rotatable bonds is 3. The van der Waals surface area contributed by atoms with Crippen LogP contribution in [0.25, 0.3) is 0 Å². The van der Waals surface area contributed by atoms with Gasteiger partial charge in [-0.25, -0.2) is 0 Å². The highest BCUT2D eigenvalue weighted by Gasteiger charge is 1.99. The molecule has 0 spiro atoms. The molecule has 0 unspecified atom stereocenters. The van der Waals surface area contributed by atoms with E-state index >= 15 is 0 Å². The Labute approximate surface area is 107 Å². The van der Waals surface area contributed by atoms with Gasteiger partial charge in [0.15, 0.2) is 0 Å². The second kappa shape index (κ2) is 5.11. The summed E-state index contributed by atoms with van der Waals surface area (Å²) in [6, 6.07) is 10.9. The molecule has 2 rings (SSSR count). The first kappa shape index (κ1) is 11.1. The van der Waals surface area contributed by atoms with Gasteiger partial charge in [-0.15, -0.1) is 10.2 Å². The van der Waals surface area contributed by atoms with Gasteiger partial charge >= 0.3 is 0 Å². The molecule has 0 fully saturated rings. The predicted octanol–water partition coefficient (Wildman–Crippen LogP) is 2.88. The molecule has 0 radical (unpaired) electrons. The van der Waals surface area contributed by atoms with E-state index < -0.39 is 0 Å². The van der Waals surface area contributed by atoms with Gasteiger partial charge in [-0.2, -0.15) is 0 Å². The van der Waals surface area contributed by atoms with Gasteiger partial charge in [-0.3, -0.25) is 0 Å². The zero-order valence-corrected chi connectivity index (χ0v) is 10.7. The van der Waals surface area contributed by atoms with Gasteiger partial charge in [0.2, 0.25) is 5.88 Å². The van der Waals surface area contributed by atoms with E-state index in [0.717, 1.165) is 9.45 Å². The normalized spacial score (nSPS) is 9.88. The predicted molar refractivity (Wildman–Crippen MR) is 67.8 cm³/mol. The quantitative estimate of drug-likeness (QED) is 0.813. The molecule has 5 heteroatoms. The fourth-order valence-electron chi connectivity index (χ4n) is 1.12. The molecular weight excluding hydrogens is 319 g/mol. The van der Waals surface area contributed by atoms with E-state index in [1.807, 2.05) is 30.3 Å². The molecule has 82 valence electrons. The average molecular weight is 328 g/mol. The summed E-state index contributed by atoms with van der Waals surface area (Å²) < 4.78 is 11.4. The number of hydrogen-bond donors (Lipinski definition) is 0. The smallest absolute Gasteiger partial charge is 0.238 e. The Hall–Kier alpha value is -1.37. The number of halogens is 1. The third-order valence-electron chi connectivity index (χ3n) is 1.89. The number of ether oxygens (including phenoxy) is 2.